The first-order valence-electron chi connectivity index (χ1n) is 3.23. The van der Waals surface area contributed by atoms with E-state index in [2.05, 4.69) is 10.9 Å². The van der Waals surface area contributed by atoms with Gasteiger partial charge in [-0.2, -0.15) is 0 Å². The lowest BCUT2D eigenvalue weighted by Crippen LogP contribution is -1.85. The molecule has 0 saturated heterocycles. The maximum Gasteiger partial charge on any atom is 0.0413 e. The van der Waals surface area contributed by atoms with Gasteiger partial charge in [0.15, 0.2) is 0 Å². The molecule has 1 aromatic heterocycles. The quantitative estimate of drug-likeness (QED) is 0.554. The second kappa shape index (κ2) is 3.68. The van der Waals surface area contributed by atoms with Gasteiger partial charge in [-0.3, -0.25) is 4.98 Å². The van der Waals surface area contributed by atoms with Gasteiger partial charge in [0.2, 0.25) is 0 Å². The van der Waals surface area contributed by atoms with Gasteiger partial charge in [0.05, 0.1) is 0 Å². The smallest absolute Gasteiger partial charge is 0.0413 e. The van der Waals surface area contributed by atoms with Gasteiger partial charge in [-0.25, -0.2) is 0 Å². The van der Waals surface area contributed by atoms with Crippen LogP contribution in [0.15, 0.2) is 24.4 Å². The number of rotatable bonds is 2. The Balaban J connectivity index is 2.52. The summed E-state index contributed by atoms with van der Waals surface area (Å²) in [6.07, 6.45) is 9.92. The molecule has 49 valence electrons. The normalized spacial score (nSPS) is 8.70. The fourth-order valence-electron chi connectivity index (χ4n) is 0.737. The van der Waals surface area contributed by atoms with Crippen LogP contribution in [-0.4, -0.2) is 4.98 Å². The standard InChI is InChI=1S/C9H8N/c1-2-3-6-9-7-4-5-8-10-9/h4-5,7-8H,3,6H2. The van der Waals surface area contributed by atoms with E-state index in [9.17, 15) is 0 Å². The zero-order valence-electron chi connectivity index (χ0n) is 5.67. The van der Waals surface area contributed by atoms with Crippen molar-refractivity contribution in [2.75, 3.05) is 0 Å². The highest BCUT2D eigenvalue weighted by molar-refractivity contribution is 5.04. The summed E-state index contributed by atoms with van der Waals surface area (Å²) in [4.78, 5) is 4.09. The van der Waals surface area contributed by atoms with Crippen LogP contribution < -0.4 is 0 Å². The van der Waals surface area contributed by atoms with Gasteiger partial charge >= 0.3 is 0 Å². The molecule has 0 atom stereocenters. The summed E-state index contributed by atoms with van der Waals surface area (Å²) in [5.41, 5.74) is 1.03. The molecule has 1 rings (SSSR count). The van der Waals surface area contributed by atoms with E-state index in [0.717, 1.165) is 12.1 Å². The second-order valence-corrected chi connectivity index (χ2v) is 2.00. The first kappa shape index (κ1) is 6.82. The molecule has 1 heteroatoms. The minimum absolute atomic E-state index is 0.664. The predicted octanol–water partition coefficient (Wildman–Crippen LogP) is 1.60. The number of aromatic nitrogens is 1. The van der Waals surface area contributed by atoms with Crippen molar-refractivity contribution in [2.45, 2.75) is 12.8 Å². The molecule has 0 amide bonds. The average molecular weight is 130 g/mol. The summed E-state index contributed by atoms with van der Waals surface area (Å²) in [7, 11) is 0. The molecule has 1 heterocycles. The van der Waals surface area contributed by atoms with E-state index in [4.69, 9.17) is 6.42 Å². The third-order valence-electron chi connectivity index (χ3n) is 1.23. The Labute approximate surface area is 61.1 Å². The first-order chi connectivity index (χ1) is 4.93. The largest absolute Gasteiger partial charge is 0.261 e. The summed E-state index contributed by atoms with van der Waals surface area (Å²) in [6, 6.07) is 5.79. The average Bonchev–Trinajstić information content (AvgIpc) is 2.03. The van der Waals surface area contributed by atoms with Crippen molar-refractivity contribution in [1.29, 1.82) is 0 Å². The van der Waals surface area contributed by atoms with Crippen LogP contribution in [0.3, 0.4) is 0 Å². The molecule has 1 radical (unpaired) electrons. The maximum atomic E-state index is 6.67. The monoisotopic (exact) mass is 130 g/mol. The zero-order valence-corrected chi connectivity index (χ0v) is 5.67. The molecule has 0 aliphatic rings. The Hall–Kier alpha value is -1.29. The van der Waals surface area contributed by atoms with Crippen molar-refractivity contribution in [3.8, 4) is 5.92 Å². The molecule has 0 aliphatic heterocycles. The molecule has 0 bridgehead atoms. The molecule has 0 unspecified atom stereocenters. The summed E-state index contributed by atoms with van der Waals surface area (Å²) in [6.45, 7) is 0. The van der Waals surface area contributed by atoms with Gasteiger partial charge in [-0.1, -0.05) is 12.0 Å². The molecule has 1 aromatic rings. The van der Waals surface area contributed by atoms with Gasteiger partial charge in [0.25, 0.3) is 0 Å². The van der Waals surface area contributed by atoms with Gasteiger partial charge in [0.1, 0.15) is 0 Å². The molecule has 0 aromatic carbocycles. The maximum absolute atomic E-state index is 6.67. The number of hydrogen-bond donors (Lipinski definition) is 0. The third-order valence-corrected chi connectivity index (χ3v) is 1.23. The highest BCUT2D eigenvalue weighted by atomic mass is 14.7. The highest BCUT2D eigenvalue weighted by Crippen LogP contribution is 1.96. The molecule has 0 fully saturated rings. The number of aryl methyl sites for hydroxylation is 1. The van der Waals surface area contributed by atoms with Crippen molar-refractivity contribution >= 4 is 0 Å². The SMILES string of the molecule is [C]#CCCc1ccccn1. The summed E-state index contributed by atoms with van der Waals surface area (Å²) in [5, 5.41) is 0. The van der Waals surface area contributed by atoms with Crippen molar-refractivity contribution in [3.05, 3.63) is 36.5 Å². The summed E-state index contributed by atoms with van der Waals surface area (Å²) in [5.74, 6) is 2.33. The van der Waals surface area contributed by atoms with Crippen molar-refractivity contribution in [1.82, 2.24) is 4.98 Å². The van der Waals surface area contributed by atoms with Gasteiger partial charge < -0.3 is 0 Å². The predicted molar refractivity (Wildman–Crippen MR) is 39.7 cm³/mol. The van der Waals surface area contributed by atoms with Crippen LogP contribution in [0.4, 0.5) is 0 Å². The van der Waals surface area contributed by atoms with E-state index in [1.807, 2.05) is 18.2 Å². The van der Waals surface area contributed by atoms with Crippen molar-refractivity contribution in [3.63, 3.8) is 0 Å². The van der Waals surface area contributed by atoms with Crippen molar-refractivity contribution in [2.24, 2.45) is 0 Å². The Bertz CT molecular complexity index is 220. The molecule has 0 aliphatic carbocycles. The van der Waals surface area contributed by atoms with Crippen LogP contribution >= 0.6 is 0 Å². The highest BCUT2D eigenvalue weighted by Gasteiger charge is 1.88. The van der Waals surface area contributed by atoms with E-state index in [-0.39, 0.29) is 0 Å². The van der Waals surface area contributed by atoms with Crippen LogP contribution in [0.2, 0.25) is 0 Å². The van der Waals surface area contributed by atoms with E-state index < -0.39 is 0 Å². The van der Waals surface area contributed by atoms with Crippen LogP contribution in [0.5, 0.6) is 0 Å². The van der Waals surface area contributed by atoms with E-state index >= 15 is 0 Å². The van der Waals surface area contributed by atoms with Crippen LogP contribution in [-0.2, 0) is 6.42 Å². The molecular weight excluding hydrogens is 122 g/mol. The van der Waals surface area contributed by atoms with Gasteiger partial charge in [-0.15, -0.1) is 0 Å². The minimum Gasteiger partial charge on any atom is -0.261 e. The van der Waals surface area contributed by atoms with E-state index in [1.165, 1.54) is 0 Å². The Kier molecular flexibility index (Phi) is 2.51. The first-order valence-corrected chi connectivity index (χ1v) is 3.23. The van der Waals surface area contributed by atoms with Gasteiger partial charge in [-0.05, 0) is 18.6 Å². The Morgan fingerprint density at radius 1 is 1.50 bits per heavy atom. The molecular formula is C9H8N. The van der Waals surface area contributed by atoms with E-state index in [1.54, 1.807) is 6.20 Å². The fourth-order valence-corrected chi connectivity index (χ4v) is 0.737. The Morgan fingerprint density at radius 2 is 2.40 bits per heavy atom. The molecule has 0 N–H and O–H groups in total. The zero-order chi connectivity index (χ0) is 7.23. The molecule has 10 heavy (non-hydrogen) atoms. The lowest BCUT2D eigenvalue weighted by molar-refractivity contribution is 0.962. The van der Waals surface area contributed by atoms with Crippen LogP contribution in [0, 0.1) is 12.3 Å². The molecule has 0 spiro atoms. The van der Waals surface area contributed by atoms with E-state index in [0.29, 0.717) is 6.42 Å². The number of pyridine rings is 1. The van der Waals surface area contributed by atoms with Crippen LogP contribution in [0.1, 0.15) is 12.1 Å². The lowest BCUT2D eigenvalue weighted by atomic mass is 10.2. The molecule has 1 nitrogen and oxygen atoms in total. The third kappa shape index (κ3) is 1.91. The summed E-state index contributed by atoms with van der Waals surface area (Å²) < 4.78 is 0. The number of hydrogen-bond acceptors (Lipinski definition) is 1. The van der Waals surface area contributed by atoms with Crippen molar-refractivity contribution < 1.29 is 0 Å². The Morgan fingerprint density at radius 3 is 3.00 bits per heavy atom. The second-order valence-electron chi connectivity index (χ2n) is 2.00. The van der Waals surface area contributed by atoms with Crippen LogP contribution in [0.25, 0.3) is 0 Å². The molecule has 0 saturated carbocycles. The lowest BCUT2D eigenvalue weighted by Gasteiger charge is -1.92. The van der Waals surface area contributed by atoms with Gasteiger partial charge in [0, 0.05) is 24.7 Å². The number of nitrogens with zero attached hydrogens (tertiary/aromatic N) is 1. The summed E-state index contributed by atoms with van der Waals surface area (Å²) >= 11 is 0. The topological polar surface area (TPSA) is 12.9 Å². The minimum atomic E-state index is 0.664. The fraction of sp³-hybridized carbons (Fsp3) is 0.222.